The van der Waals surface area contributed by atoms with Crippen LogP contribution >= 0.6 is 0 Å². The zero-order valence-electron chi connectivity index (χ0n) is 13.3. The Morgan fingerprint density at radius 2 is 2.14 bits per heavy atom. The molecule has 0 bridgehead atoms. The lowest BCUT2D eigenvalue weighted by Gasteiger charge is -2.30. The van der Waals surface area contributed by atoms with E-state index >= 15 is 0 Å². The van der Waals surface area contributed by atoms with Gasteiger partial charge in [0.1, 0.15) is 5.75 Å². The average molecular weight is 290 g/mol. The van der Waals surface area contributed by atoms with Gasteiger partial charge in [0.25, 0.3) is 0 Å². The smallest absolute Gasteiger partial charge is 0.318 e. The zero-order chi connectivity index (χ0) is 15.2. The fourth-order valence-electron chi connectivity index (χ4n) is 3.00. The molecule has 1 aromatic rings. The van der Waals surface area contributed by atoms with Crippen LogP contribution in [0, 0.1) is 0 Å². The van der Waals surface area contributed by atoms with Crippen LogP contribution in [0.2, 0.25) is 0 Å². The number of carbonyl (C=O) groups excluding carboxylic acids is 1. The Hall–Kier alpha value is -1.71. The van der Waals surface area contributed by atoms with E-state index in [1.807, 2.05) is 36.1 Å². The number of ether oxygens (including phenoxy) is 1. The summed E-state index contributed by atoms with van der Waals surface area (Å²) in [7, 11) is 1.66. The minimum absolute atomic E-state index is 0.0338. The first-order chi connectivity index (χ1) is 10.2. The number of methoxy groups -OCH3 is 1. The largest absolute Gasteiger partial charge is 0.497 e. The van der Waals surface area contributed by atoms with Crippen molar-refractivity contribution in [3.05, 3.63) is 29.8 Å². The van der Waals surface area contributed by atoms with Gasteiger partial charge in [0.15, 0.2) is 0 Å². The van der Waals surface area contributed by atoms with Crippen molar-refractivity contribution in [3.63, 3.8) is 0 Å². The molecule has 1 aliphatic carbocycles. The average Bonchev–Trinajstić information content (AvgIpc) is 3.00. The quantitative estimate of drug-likeness (QED) is 0.897. The highest BCUT2D eigenvalue weighted by Crippen LogP contribution is 2.24. The third-order valence-corrected chi connectivity index (χ3v) is 4.33. The van der Waals surface area contributed by atoms with Crippen LogP contribution in [0.3, 0.4) is 0 Å². The van der Waals surface area contributed by atoms with E-state index in [0.717, 1.165) is 24.2 Å². The summed E-state index contributed by atoms with van der Waals surface area (Å²) in [4.78, 5) is 14.4. The van der Waals surface area contributed by atoms with E-state index in [4.69, 9.17) is 4.74 Å². The number of rotatable bonds is 5. The Kier molecular flexibility index (Phi) is 5.48. The van der Waals surface area contributed by atoms with Gasteiger partial charge >= 0.3 is 6.03 Å². The third kappa shape index (κ3) is 3.90. The first-order valence-electron chi connectivity index (χ1n) is 7.86. The van der Waals surface area contributed by atoms with Crippen molar-refractivity contribution in [1.29, 1.82) is 0 Å². The van der Waals surface area contributed by atoms with Crippen LogP contribution < -0.4 is 10.1 Å². The molecular weight excluding hydrogens is 264 g/mol. The summed E-state index contributed by atoms with van der Waals surface area (Å²) in [5.41, 5.74) is 1.10. The zero-order valence-corrected chi connectivity index (χ0v) is 13.3. The lowest BCUT2D eigenvalue weighted by Crippen LogP contribution is -2.45. The molecule has 1 N–H and O–H groups in total. The van der Waals surface area contributed by atoms with Crippen LogP contribution in [-0.2, 0) is 0 Å². The number of hydrogen-bond acceptors (Lipinski definition) is 2. The topological polar surface area (TPSA) is 41.6 Å². The van der Waals surface area contributed by atoms with Crippen molar-refractivity contribution in [2.24, 2.45) is 0 Å². The molecule has 1 atom stereocenters. The Balaban J connectivity index is 2.05. The summed E-state index contributed by atoms with van der Waals surface area (Å²) >= 11 is 0. The predicted octanol–water partition coefficient (Wildman–Crippen LogP) is 3.73. The van der Waals surface area contributed by atoms with Crippen molar-refractivity contribution in [2.45, 2.75) is 51.6 Å². The molecule has 1 aliphatic rings. The monoisotopic (exact) mass is 290 g/mol. The molecule has 116 valence electrons. The van der Waals surface area contributed by atoms with Crippen molar-refractivity contribution in [1.82, 2.24) is 10.2 Å². The molecule has 2 amide bonds. The SMILES string of the molecule is CCN(C(=O)NC1CCCC1)C(C)c1cccc(OC)c1. The number of hydrogen-bond donors (Lipinski definition) is 1. The van der Waals surface area contributed by atoms with E-state index in [1.54, 1.807) is 7.11 Å². The Bertz CT molecular complexity index is 470. The number of amides is 2. The van der Waals surface area contributed by atoms with Gasteiger partial charge in [-0.2, -0.15) is 0 Å². The summed E-state index contributed by atoms with van der Waals surface area (Å²) in [5, 5.41) is 3.16. The van der Waals surface area contributed by atoms with E-state index in [2.05, 4.69) is 12.2 Å². The maximum atomic E-state index is 12.5. The molecule has 4 heteroatoms. The Morgan fingerprint density at radius 3 is 2.76 bits per heavy atom. The Labute approximate surface area is 127 Å². The molecule has 1 saturated carbocycles. The van der Waals surface area contributed by atoms with Gasteiger partial charge in [-0.05, 0) is 44.4 Å². The highest BCUT2D eigenvalue weighted by molar-refractivity contribution is 5.75. The standard InChI is InChI=1S/C17H26N2O2/c1-4-19(17(20)18-15-9-5-6-10-15)13(2)14-8-7-11-16(12-14)21-3/h7-8,11-13,15H,4-6,9-10H2,1-3H3,(H,18,20). The molecule has 0 aromatic heterocycles. The highest BCUT2D eigenvalue weighted by Gasteiger charge is 2.24. The van der Waals surface area contributed by atoms with Gasteiger partial charge in [-0.25, -0.2) is 4.79 Å². The summed E-state index contributed by atoms with van der Waals surface area (Å²) in [6, 6.07) is 8.35. The van der Waals surface area contributed by atoms with Crippen molar-refractivity contribution in [3.8, 4) is 5.75 Å². The lowest BCUT2D eigenvalue weighted by atomic mass is 10.1. The summed E-state index contributed by atoms with van der Waals surface area (Å²) in [5.74, 6) is 0.826. The van der Waals surface area contributed by atoms with Crippen molar-refractivity contribution in [2.75, 3.05) is 13.7 Å². The number of urea groups is 1. The number of nitrogens with zero attached hydrogens (tertiary/aromatic N) is 1. The molecule has 1 aromatic carbocycles. The molecule has 0 radical (unpaired) electrons. The molecule has 4 nitrogen and oxygen atoms in total. The second-order valence-electron chi connectivity index (χ2n) is 5.67. The summed E-state index contributed by atoms with van der Waals surface area (Å²) in [6.07, 6.45) is 4.67. The fraction of sp³-hybridized carbons (Fsp3) is 0.588. The second kappa shape index (κ2) is 7.34. The molecule has 21 heavy (non-hydrogen) atoms. The lowest BCUT2D eigenvalue weighted by molar-refractivity contribution is 0.179. The minimum Gasteiger partial charge on any atom is -0.497 e. The van der Waals surface area contributed by atoms with E-state index in [1.165, 1.54) is 12.8 Å². The fourth-order valence-corrected chi connectivity index (χ4v) is 3.00. The van der Waals surface area contributed by atoms with E-state index in [9.17, 15) is 4.79 Å². The molecule has 0 spiro atoms. The predicted molar refractivity (Wildman–Crippen MR) is 84.6 cm³/mol. The van der Waals surface area contributed by atoms with Crippen LogP contribution in [0.5, 0.6) is 5.75 Å². The first kappa shape index (κ1) is 15.7. The van der Waals surface area contributed by atoms with Crippen LogP contribution in [0.15, 0.2) is 24.3 Å². The van der Waals surface area contributed by atoms with Gasteiger partial charge in [0, 0.05) is 12.6 Å². The van der Waals surface area contributed by atoms with Gasteiger partial charge in [-0.15, -0.1) is 0 Å². The number of nitrogens with one attached hydrogen (secondary N) is 1. The number of benzene rings is 1. The van der Waals surface area contributed by atoms with Crippen molar-refractivity contribution >= 4 is 6.03 Å². The van der Waals surface area contributed by atoms with Crippen LogP contribution in [0.25, 0.3) is 0 Å². The van der Waals surface area contributed by atoms with E-state index in [0.29, 0.717) is 12.6 Å². The normalized spacial score (nSPS) is 16.5. The van der Waals surface area contributed by atoms with Crippen LogP contribution in [-0.4, -0.2) is 30.6 Å². The minimum atomic E-state index is 0.0338. The van der Waals surface area contributed by atoms with Gasteiger partial charge in [0.2, 0.25) is 0 Å². The van der Waals surface area contributed by atoms with Gasteiger partial charge < -0.3 is 15.0 Å². The van der Waals surface area contributed by atoms with Gasteiger partial charge in [0.05, 0.1) is 13.2 Å². The maximum Gasteiger partial charge on any atom is 0.318 e. The molecule has 0 aliphatic heterocycles. The van der Waals surface area contributed by atoms with E-state index < -0.39 is 0 Å². The molecule has 1 fully saturated rings. The van der Waals surface area contributed by atoms with Gasteiger partial charge in [-0.1, -0.05) is 25.0 Å². The van der Waals surface area contributed by atoms with Gasteiger partial charge in [-0.3, -0.25) is 0 Å². The molecule has 0 saturated heterocycles. The van der Waals surface area contributed by atoms with Crippen LogP contribution in [0.1, 0.15) is 51.1 Å². The highest BCUT2D eigenvalue weighted by atomic mass is 16.5. The number of carbonyl (C=O) groups is 1. The molecule has 0 heterocycles. The maximum absolute atomic E-state index is 12.5. The Morgan fingerprint density at radius 1 is 1.43 bits per heavy atom. The third-order valence-electron chi connectivity index (χ3n) is 4.33. The summed E-state index contributed by atoms with van der Waals surface area (Å²) < 4.78 is 5.27. The van der Waals surface area contributed by atoms with Crippen LogP contribution in [0.4, 0.5) is 4.79 Å². The molecular formula is C17H26N2O2. The molecule has 1 unspecified atom stereocenters. The van der Waals surface area contributed by atoms with E-state index in [-0.39, 0.29) is 12.1 Å². The molecule has 2 rings (SSSR count). The first-order valence-corrected chi connectivity index (χ1v) is 7.86. The second-order valence-corrected chi connectivity index (χ2v) is 5.67. The van der Waals surface area contributed by atoms with Crippen molar-refractivity contribution < 1.29 is 9.53 Å². The summed E-state index contributed by atoms with van der Waals surface area (Å²) in [6.45, 7) is 4.77.